The molecule has 3 aromatic rings. The quantitative estimate of drug-likeness (QED) is 0.0488. The van der Waals surface area contributed by atoms with E-state index in [9.17, 15) is 51.0 Å². The maximum atomic E-state index is 15.0. The number of halogens is 5. The summed E-state index contributed by atoms with van der Waals surface area (Å²) in [5.74, 6) is -1.09. The van der Waals surface area contributed by atoms with Crippen LogP contribution < -0.4 is 16.9 Å². The molecule has 0 saturated carbocycles. The Kier molecular flexibility index (Phi) is 15.9. The Balaban J connectivity index is 0.00000117. The van der Waals surface area contributed by atoms with E-state index < -0.39 is 84.0 Å². The van der Waals surface area contributed by atoms with Crippen molar-refractivity contribution in [3.63, 3.8) is 0 Å². The lowest BCUT2D eigenvalue weighted by atomic mass is 9.84. The number of hydrogen-bond acceptors (Lipinski definition) is 10. The number of carboxylic acid groups (broad SMARTS) is 1. The summed E-state index contributed by atoms with van der Waals surface area (Å²) in [5, 5.41) is 20.3. The number of rotatable bonds is 15. The summed E-state index contributed by atoms with van der Waals surface area (Å²) in [4.78, 5) is 78.1. The summed E-state index contributed by atoms with van der Waals surface area (Å²) in [7, 11) is 0. The minimum atomic E-state index is -5.08. The number of hydrogen-bond donors (Lipinski definition) is 5. The van der Waals surface area contributed by atoms with Gasteiger partial charge in [-0.2, -0.15) is 13.2 Å². The van der Waals surface area contributed by atoms with Crippen molar-refractivity contribution in [3.8, 4) is 11.3 Å². The fourth-order valence-corrected chi connectivity index (χ4v) is 5.72. The number of nitrogens with one attached hydrogen (secondary N) is 1. The fraction of sp³-hybridized carbons (Fsp3) is 0.378. The molecule has 5 amide bonds. The number of nitrogens with two attached hydrogens (primary N) is 2. The zero-order valence-electron chi connectivity index (χ0n) is 31.6. The number of aliphatic hydroxyl groups excluding tert-OH is 1. The fourth-order valence-electron chi connectivity index (χ4n) is 5.72. The molecule has 4 rings (SSSR count). The summed E-state index contributed by atoms with van der Waals surface area (Å²) in [6.07, 6.45) is -1.40. The number of carbonyl (C=O) groups is 6. The Morgan fingerprint density at radius 2 is 1.59 bits per heavy atom. The second-order valence-electron chi connectivity index (χ2n) is 13.9. The van der Waals surface area contributed by atoms with Gasteiger partial charge in [-0.25, -0.2) is 24.4 Å². The topological polar surface area (TPSA) is 234 Å². The van der Waals surface area contributed by atoms with E-state index in [2.05, 4.69) is 5.32 Å². The van der Waals surface area contributed by atoms with Crippen molar-refractivity contribution in [1.29, 1.82) is 0 Å². The van der Waals surface area contributed by atoms with Crippen LogP contribution in [0.3, 0.4) is 0 Å². The number of alkyl halides is 3. The Morgan fingerprint density at radius 3 is 2.14 bits per heavy atom. The highest BCUT2D eigenvalue weighted by atomic mass is 19.4. The Hall–Kier alpha value is -6.06. The predicted octanol–water partition coefficient (Wildman–Crippen LogP) is 1.88. The number of aromatic nitrogens is 2. The molecule has 58 heavy (non-hydrogen) atoms. The molecule has 0 fully saturated rings. The maximum Gasteiger partial charge on any atom is 0.490 e. The van der Waals surface area contributed by atoms with Crippen LogP contribution in [0, 0.1) is 17.0 Å². The molecule has 2 aromatic carbocycles. The molecule has 21 heteroatoms. The van der Waals surface area contributed by atoms with E-state index in [0.29, 0.717) is 10.8 Å². The molecular weight excluding hydrogens is 779 g/mol. The van der Waals surface area contributed by atoms with Crippen molar-refractivity contribution in [2.75, 3.05) is 32.8 Å². The largest absolute Gasteiger partial charge is 0.490 e. The minimum absolute atomic E-state index is 0.0634. The Morgan fingerprint density at radius 1 is 0.983 bits per heavy atom. The molecule has 2 atom stereocenters. The van der Waals surface area contributed by atoms with Gasteiger partial charge < -0.3 is 30.7 Å². The molecule has 314 valence electrons. The van der Waals surface area contributed by atoms with E-state index in [4.69, 9.17) is 26.5 Å². The first-order chi connectivity index (χ1) is 27.0. The van der Waals surface area contributed by atoms with Crippen molar-refractivity contribution >= 4 is 35.5 Å². The minimum Gasteiger partial charge on any atom is -0.475 e. The number of imide groups is 1. The predicted molar refractivity (Wildman–Crippen MR) is 195 cm³/mol. The van der Waals surface area contributed by atoms with Crippen molar-refractivity contribution in [3.05, 3.63) is 89.9 Å². The molecule has 0 spiro atoms. The normalized spacial score (nSPS) is 13.7. The van der Waals surface area contributed by atoms with Crippen molar-refractivity contribution in [1.82, 2.24) is 29.7 Å². The number of amides is 5. The Labute approximate surface area is 328 Å². The van der Waals surface area contributed by atoms with Gasteiger partial charge in [-0.15, -0.1) is 0 Å². The third-order valence-corrected chi connectivity index (χ3v) is 8.44. The van der Waals surface area contributed by atoms with Crippen LogP contribution in [0.1, 0.15) is 44.6 Å². The second kappa shape index (κ2) is 19.9. The molecule has 2 heterocycles. The molecule has 0 radical (unpaired) electrons. The second-order valence-corrected chi connectivity index (χ2v) is 13.9. The van der Waals surface area contributed by atoms with Crippen LogP contribution in [0.4, 0.5) is 22.0 Å². The van der Waals surface area contributed by atoms with Gasteiger partial charge in [-0.3, -0.25) is 33.9 Å². The number of aliphatic carboxylic acids is 1. The van der Waals surface area contributed by atoms with Gasteiger partial charge in [0.15, 0.2) is 0 Å². The van der Waals surface area contributed by atoms with Crippen molar-refractivity contribution in [2.24, 2.45) is 17.0 Å². The molecule has 1 aliphatic rings. The van der Waals surface area contributed by atoms with Crippen LogP contribution in [0.25, 0.3) is 11.3 Å². The monoisotopic (exact) mass is 822 g/mol. The summed E-state index contributed by atoms with van der Waals surface area (Å²) >= 11 is 0. The third-order valence-electron chi connectivity index (χ3n) is 8.44. The van der Waals surface area contributed by atoms with E-state index >= 15 is 0 Å². The van der Waals surface area contributed by atoms with E-state index in [0.717, 1.165) is 40.8 Å². The van der Waals surface area contributed by atoms with Gasteiger partial charge >= 0.3 is 12.1 Å². The zero-order chi connectivity index (χ0) is 43.5. The van der Waals surface area contributed by atoms with Crippen LogP contribution >= 0.6 is 0 Å². The number of benzene rings is 2. The third kappa shape index (κ3) is 12.7. The first kappa shape index (κ1) is 46.3. The lowest BCUT2D eigenvalue weighted by Gasteiger charge is -2.40. The van der Waals surface area contributed by atoms with Gasteiger partial charge in [0.1, 0.15) is 30.6 Å². The summed E-state index contributed by atoms with van der Waals surface area (Å²) in [5.41, 5.74) is 6.36. The van der Waals surface area contributed by atoms with E-state index in [1.165, 1.54) is 4.90 Å². The molecular formula is C37H43F5N8O8. The zero-order valence-corrected chi connectivity index (χ0v) is 31.6. The average Bonchev–Trinajstić information content (AvgIpc) is 3.70. The van der Waals surface area contributed by atoms with Gasteiger partial charge in [0.2, 0.25) is 11.8 Å². The number of hydrazine groups is 1. The standard InChI is InChI=1S/C35H42F2N8O6.C2HF3O2/c1-35(2,3)32(33-41-27(24-17-23(36)9-10-25(24)37)19-42(33)18-22-7-5-4-6-8-22)44(31(50)21-46)15-13-26(38)34(51)45(39)20-28(47)40-14-16-43-29(48)11-12-30(43)49;3-2(4,5)1(6)7/h4-12,17,19,26,32,46H,13-16,18,20-21,38-39H2,1-3H3,(H,40,47);(H,6,7)/t26-,32-;/m0./s1. The lowest BCUT2D eigenvalue weighted by Crippen LogP contribution is -2.53. The highest BCUT2D eigenvalue weighted by molar-refractivity contribution is 6.12. The van der Waals surface area contributed by atoms with E-state index in [1.807, 2.05) is 51.1 Å². The van der Waals surface area contributed by atoms with Gasteiger partial charge in [0.25, 0.3) is 17.7 Å². The molecule has 0 unspecified atom stereocenters. The smallest absolute Gasteiger partial charge is 0.475 e. The van der Waals surface area contributed by atoms with Crippen LogP contribution in [-0.4, -0.2) is 115 Å². The van der Waals surface area contributed by atoms with Gasteiger partial charge in [0.05, 0.1) is 17.8 Å². The van der Waals surface area contributed by atoms with Crippen molar-refractivity contribution in [2.45, 2.75) is 52.0 Å². The molecule has 16 nitrogen and oxygen atoms in total. The summed E-state index contributed by atoms with van der Waals surface area (Å²) < 4.78 is 62.7. The van der Waals surface area contributed by atoms with Crippen LogP contribution in [0.15, 0.2) is 66.9 Å². The first-order valence-corrected chi connectivity index (χ1v) is 17.4. The van der Waals surface area contributed by atoms with Crippen molar-refractivity contribution < 1.29 is 60.9 Å². The molecule has 0 bridgehead atoms. The molecule has 1 aromatic heterocycles. The van der Waals surface area contributed by atoms with E-state index in [-0.39, 0.29) is 43.9 Å². The molecule has 0 saturated heterocycles. The Bertz CT molecular complexity index is 1980. The average molecular weight is 823 g/mol. The van der Waals surface area contributed by atoms with Gasteiger partial charge in [0, 0.05) is 50.1 Å². The van der Waals surface area contributed by atoms with Crippen LogP contribution in [0.5, 0.6) is 0 Å². The van der Waals surface area contributed by atoms with Crippen LogP contribution in [-0.2, 0) is 35.3 Å². The number of carboxylic acids is 1. The number of nitrogens with zero attached hydrogens (tertiary/aromatic N) is 5. The van der Waals surface area contributed by atoms with Crippen LogP contribution in [0.2, 0.25) is 0 Å². The molecule has 1 aliphatic heterocycles. The lowest BCUT2D eigenvalue weighted by molar-refractivity contribution is -0.192. The maximum absolute atomic E-state index is 15.0. The summed E-state index contributed by atoms with van der Waals surface area (Å²) in [6, 6.07) is 10.2. The number of aliphatic hydroxyl groups is 1. The van der Waals surface area contributed by atoms with Gasteiger partial charge in [-0.1, -0.05) is 51.1 Å². The number of carbonyl (C=O) groups excluding carboxylic acids is 5. The highest BCUT2D eigenvalue weighted by Crippen LogP contribution is 2.39. The number of imidazole rings is 1. The molecule has 7 N–H and O–H groups in total. The van der Waals surface area contributed by atoms with E-state index in [1.54, 1.807) is 10.8 Å². The SMILES string of the molecule is CC(C)(C)[C@H](c1nc(-c2cc(F)ccc2F)cn1Cc1ccccc1)N(CC[C@H](N)C(=O)N(N)CC(=O)NCCN1C(=O)C=CC1=O)C(=O)CO.O=C(O)C(F)(F)F. The first-order valence-electron chi connectivity index (χ1n) is 17.4. The highest BCUT2D eigenvalue weighted by Gasteiger charge is 2.39. The molecule has 0 aliphatic carbocycles. The van der Waals surface area contributed by atoms with Gasteiger partial charge in [-0.05, 0) is 35.6 Å². The summed E-state index contributed by atoms with van der Waals surface area (Å²) in [6.45, 7) is 4.05.